The molecule has 18 heavy (non-hydrogen) atoms. The van der Waals surface area contributed by atoms with Crippen LogP contribution in [0.5, 0.6) is 0 Å². The summed E-state index contributed by atoms with van der Waals surface area (Å²) in [6.07, 6.45) is 6.42. The van der Waals surface area contributed by atoms with Crippen molar-refractivity contribution < 1.29 is 9.13 Å². The van der Waals surface area contributed by atoms with Crippen LogP contribution in [0.4, 0.5) is 4.39 Å². The Hall–Kier alpha value is -0.930. The van der Waals surface area contributed by atoms with Gasteiger partial charge in [-0.05, 0) is 49.8 Å². The third-order valence-electron chi connectivity index (χ3n) is 3.81. The lowest BCUT2D eigenvalue weighted by Crippen LogP contribution is -2.21. The Kier molecular flexibility index (Phi) is 3.62. The van der Waals surface area contributed by atoms with Gasteiger partial charge in [0.15, 0.2) is 0 Å². The maximum Gasteiger partial charge on any atom is 0.128 e. The van der Waals surface area contributed by atoms with Crippen molar-refractivity contribution in [3.05, 3.63) is 35.1 Å². The quantitative estimate of drug-likeness (QED) is 0.836. The van der Waals surface area contributed by atoms with Gasteiger partial charge in [-0.2, -0.15) is 0 Å². The van der Waals surface area contributed by atoms with E-state index in [9.17, 15) is 4.39 Å². The van der Waals surface area contributed by atoms with Crippen LogP contribution in [-0.4, -0.2) is 12.1 Å². The van der Waals surface area contributed by atoms with Crippen molar-refractivity contribution in [2.45, 2.75) is 57.4 Å². The normalized spacial score (nSPS) is 19.8. The molecule has 1 N–H and O–H groups in total. The molecule has 2 saturated carbocycles. The molecule has 0 amide bonds. The summed E-state index contributed by atoms with van der Waals surface area (Å²) in [6.45, 7) is 1.25. The van der Waals surface area contributed by atoms with Crippen molar-refractivity contribution in [1.82, 2.24) is 5.32 Å². The topological polar surface area (TPSA) is 21.3 Å². The Balaban J connectivity index is 1.57. The fourth-order valence-electron chi connectivity index (χ4n) is 2.14. The summed E-state index contributed by atoms with van der Waals surface area (Å²) in [7, 11) is 0. The van der Waals surface area contributed by atoms with Gasteiger partial charge in [0.2, 0.25) is 0 Å². The molecule has 98 valence electrons. The van der Waals surface area contributed by atoms with Crippen LogP contribution in [0, 0.1) is 5.82 Å². The summed E-state index contributed by atoms with van der Waals surface area (Å²) in [5.41, 5.74) is 1.84. The van der Waals surface area contributed by atoms with Gasteiger partial charge in [-0.15, -0.1) is 0 Å². The largest absolute Gasteiger partial charge is 0.373 e. The molecular formula is C15H20FNO. The molecule has 2 aliphatic carbocycles. The summed E-state index contributed by atoms with van der Waals surface area (Å²) in [4.78, 5) is 0. The maximum absolute atomic E-state index is 13.7. The van der Waals surface area contributed by atoms with Gasteiger partial charge in [-0.1, -0.05) is 6.07 Å². The summed E-state index contributed by atoms with van der Waals surface area (Å²) < 4.78 is 19.3. The average Bonchev–Trinajstić information content (AvgIpc) is 3.11. The first-order valence-electron chi connectivity index (χ1n) is 6.93. The van der Waals surface area contributed by atoms with E-state index in [1.54, 1.807) is 6.07 Å². The smallest absolute Gasteiger partial charge is 0.128 e. The summed E-state index contributed by atoms with van der Waals surface area (Å²) >= 11 is 0. The second kappa shape index (κ2) is 5.37. The predicted octanol–water partition coefficient (Wildman–Crippen LogP) is 3.15. The first-order chi connectivity index (χ1) is 8.81. The van der Waals surface area contributed by atoms with Crippen LogP contribution in [0.25, 0.3) is 0 Å². The van der Waals surface area contributed by atoms with Crippen LogP contribution in [0.2, 0.25) is 0 Å². The van der Waals surface area contributed by atoms with Gasteiger partial charge in [0.05, 0.1) is 12.7 Å². The van der Waals surface area contributed by atoms with E-state index >= 15 is 0 Å². The standard InChI is InChI=1S/C15H20FNO/c16-15-7-4-11(9-17-13-5-6-13)8-12(15)10-18-14-2-1-3-14/h4,7-8,13-14,17H,1-3,5-6,9-10H2. The van der Waals surface area contributed by atoms with E-state index in [1.165, 1.54) is 19.3 Å². The highest BCUT2D eigenvalue weighted by atomic mass is 19.1. The Bertz CT molecular complexity index is 413. The van der Waals surface area contributed by atoms with Crippen LogP contribution in [-0.2, 0) is 17.9 Å². The lowest BCUT2D eigenvalue weighted by molar-refractivity contribution is -0.00978. The summed E-state index contributed by atoms with van der Waals surface area (Å²) in [5.74, 6) is -0.149. The van der Waals surface area contributed by atoms with E-state index in [0.717, 1.165) is 24.9 Å². The zero-order valence-corrected chi connectivity index (χ0v) is 10.6. The monoisotopic (exact) mass is 249 g/mol. The van der Waals surface area contributed by atoms with E-state index in [2.05, 4.69) is 5.32 Å². The van der Waals surface area contributed by atoms with Crippen LogP contribution < -0.4 is 5.32 Å². The highest BCUT2D eigenvalue weighted by Crippen LogP contribution is 2.24. The Morgan fingerprint density at radius 2 is 2.06 bits per heavy atom. The second-order valence-corrected chi connectivity index (χ2v) is 5.44. The molecule has 0 aliphatic heterocycles. The number of halogens is 1. The molecular weight excluding hydrogens is 229 g/mol. The molecule has 1 aromatic rings. The first-order valence-corrected chi connectivity index (χ1v) is 6.93. The molecule has 1 aromatic carbocycles. The van der Waals surface area contributed by atoms with Gasteiger partial charge in [0.25, 0.3) is 0 Å². The Morgan fingerprint density at radius 3 is 2.72 bits per heavy atom. The van der Waals surface area contributed by atoms with E-state index in [1.807, 2.05) is 12.1 Å². The van der Waals surface area contributed by atoms with Crippen molar-refractivity contribution in [2.75, 3.05) is 0 Å². The number of ether oxygens (including phenoxy) is 1. The molecule has 0 radical (unpaired) electrons. The molecule has 2 aliphatic rings. The highest BCUT2D eigenvalue weighted by Gasteiger charge is 2.20. The minimum atomic E-state index is -0.149. The molecule has 2 fully saturated rings. The second-order valence-electron chi connectivity index (χ2n) is 5.44. The fourth-order valence-corrected chi connectivity index (χ4v) is 2.14. The van der Waals surface area contributed by atoms with Gasteiger partial charge in [0, 0.05) is 18.2 Å². The van der Waals surface area contributed by atoms with E-state index in [0.29, 0.717) is 24.3 Å². The van der Waals surface area contributed by atoms with Crippen LogP contribution in [0.3, 0.4) is 0 Å². The molecule has 0 spiro atoms. The zero-order valence-electron chi connectivity index (χ0n) is 10.6. The van der Waals surface area contributed by atoms with Crippen molar-refractivity contribution in [3.63, 3.8) is 0 Å². The van der Waals surface area contributed by atoms with Crippen molar-refractivity contribution in [2.24, 2.45) is 0 Å². The molecule has 3 rings (SSSR count). The predicted molar refractivity (Wildman–Crippen MR) is 68.7 cm³/mol. The molecule has 3 heteroatoms. The highest BCUT2D eigenvalue weighted by molar-refractivity contribution is 5.24. The number of benzene rings is 1. The molecule has 0 bridgehead atoms. The van der Waals surface area contributed by atoms with Crippen LogP contribution >= 0.6 is 0 Å². The molecule has 0 saturated heterocycles. The SMILES string of the molecule is Fc1ccc(CNC2CC2)cc1COC1CCC1. The summed E-state index contributed by atoms with van der Waals surface area (Å²) in [5, 5.41) is 3.44. The van der Waals surface area contributed by atoms with Gasteiger partial charge < -0.3 is 10.1 Å². The molecule has 0 aromatic heterocycles. The molecule has 0 unspecified atom stereocenters. The van der Waals surface area contributed by atoms with E-state index < -0.39 is 0 Å². The molecule has 2 nitrogen and oxygen atoms in total. The van der Waals surface area contributed by atoms with E-state index in [4.69, 9.17) is 4.74 Å². The van der Waals surface area contributed by atoms with Crippen LogP contribution in [0.15, 0.2) is 18.2 Å². The lowest BCUT2D eigenvalue weighted by Gasteiger charge is -2.25. The average molecular weight is 249 g/mol. The minimum absolute atomic E-state index is 0.149. The van der Waals surface area contributed by atoms with Crippen molar-refractivity contribution in [1.29, 1.82) is 0 Å². The van der Waals surface area contributed by atoms with Gasteiger partial charge >= 0.3 is 0 Å². The molecule has 0 atom stereocenters. The van der Waals surface area contributed by atoms with Gasteiger partial charge in [-0.25, -0.2) is 4.39 Å². The minimum Gasteiger partial charge on any atom is -0.373 e. The third-order valence-corrected chi connectivity index (χ3v) is 3.81. The maximum atomic E-state index is 13.7. The Morgan fingerprint density at radius 1 is 1.22 bits per heavy atom. The first kappa shape index (κ1) is 12.1. The fraction of sp³-hybridized carbons (Fsp3) is 0.600. The van der Waals surface area contributed by atoms with Crippen molar-refractivity contribution >= 4 is 0 Å². The number of hydrogen-bond donors (Lipinski definition) is 1. The molecule has 0 heterocycles. The van der Waals surface area contributed by atoms with E-state index in [-0.39, 0.29) is 5.82 Å². The Labute approximate surface area is 108 Å². The van der Waals surface area contributed by atoms with Crippen molar-refractivity contribution in [3.8, 4) is 0 Å². The third kappa shape index (κ3) is 3.09. The number of rotatable bonds is 6. The van der Waals surface area contributed by atoms with Crippen LogP contribution in [0.1, 0.15) is 43.2 Å². The lowest BCUT2D eigenvalue weighted by atomic mass is 9.96. The van der Waals surface area contributed by atoms with Gasteiger partial charge in [-0.3, -0.25) is 0 Å². The van der Waals surface area contributed by atoms with Gasteiger partial charge in [0.1, 0.15) is 5.82 Å². The number of hydrogen-bond acceptors (Lipinski definition) is 2. The number of nitrogens with one attached hydrogen (secondary N) is 1. The zero-order chi connectivity index (χ0) is 12.4. The summed E-state index contributed by atoms with van der Waals surface area (Å²) in [6, 6.07) is 6.04.